The third-order valence-electron chi connectivity index (χ3n) is 4.49. The highest BCUT2D eigenvalue weighted by atomic mass is 16.2. The number of anilines is 1. The van der Waals surface area contributed by atoms with E-state index in [1.165, 1.54) is 49.8 Å². The molecule has 1 fully saturated rings. The van der Waals surface area contributed by atoms with E-state index in [4.69, 9.17) is 0 Å². The van der Waals surface area contributed by atoms with Gasteiger partial charge in [0, 0.05) is 32.7 Å². The molecule has 1 saturated carbocycles. The molecule has 0 aliphatic heterocycles. The molecule has 0 atom stereocenters. The zero-order valence-electron chi connectivity index (χ0n) is 13.4. The molecule has 0 radical (unpaired) electrons. The summed E-state index contributed by atoms with van der Waals surface area (Å²) in [6, 6.07) is 8.40. The minimum Gasteiger partial charge on any atom is -0.385 e. The van der Waals surface area contributed by atoms with Gasteiger partial charge in [0.2, 0.25) is 5.91 Å². The van der Waals surface area contributed by atoms with Crippen LogP contribution >= 0.6 is 0 Å². The molecule has 0 bridgehead atoms. The number of carbonyl (C=O) groups excluding carboxylic acids is 1. The van der Waals surface area contributed by atoms with Crippen molar-refractivity contribution in [1.29, 1.82) is 0 Å². The molecule has 1 aliphatic rings. The first-order chi connectivity index (χ1) is 10.1. The number of hydrogen-bond acceptors (Lipinski definition) is 2. The fourth-order valence-corrected chi connectivity index (χ4v) is 3.06. The number of carbonyl (C=O) groups is 1. The van der Waals surface area contributed by atoms with Gasteiger partial charge >= 0.3 is 0 Å². The predicted molar refractivity (Wildman–Crippen MR) is 88.3 cm³/mol. The number of benzene rings is 1. The van der Waals surface area contributed by atoms with Gasteiger partial charge in [-0.3, -0.25) is 4.79 Å². The Hall–Kier alpha value is -1.51. The van der Waals surface area contributed by atoms with E-state index in [2.05, 4.69) is 29.6 Å². The Morgan fingerprint density at radius 1 is 1.29 bits per heavy atom. The molecule has 0 unspecified atom stereocenters. The Balaban J connectivity index is 1.79. The van der Waals surface area contributed by atoms with E-state index >= 15 is 0 Å². The quantitative estimate of drug-likeness (QED) is 0.856. The average Bonchev–Trinajstić information content (AvgIpc) is 2.48. The molecule has 0 spiro atoms. The zero-order valence-corrected chi connectivity index (χ0v) is 13.4. The van der Waals surface area contributed by atoms with Gasteiger partial charge in [0.1, 0.15) is 0 Å². The van der Waals surface area contributed by atoms with Crippen LogP contribution in [-0.2, 0) is 11.3 Å². The summed E-state index contributed by atoms with van der Waals surface area (Å²) in [4.78, 5) is 13.0. The lowest BCUT2D eigenvalue weighted by Crippen LogP contribution is -2.23. The molecule has 0 heterocycles. The summed E-state index contributed by atoms with van der Waals surface area (Å²) in [7, 11) is 1.84. The van der Waals surface area contributed by atoms with Crippen LogP contribution < -0.4 is 5.32 Å². The Labute approximate surface area is 128 Å². The second-order valence-corrected chi connectivity index (χ2v) is 6.29. The van der Waals surface area contributed by atoms with Crippen molar-refractivity contribution in [2.45, 2.75) is 52.0 Å². The van der Waals surface area contributed by atoms with Gasteiger partial charge < -0.3 is 10.2 Å². The number of amides is 1. The largest absolute Gasteiger partial charge is 0.385 e. The second-order valence-electron chi connectivity index (χ2n) is 6.29. The number of nitrogens with zero attached hydrogens (tertiary/aromatic N) is 1. The van der Waals surface area contributed by atoms with Crippen molar-refractivity contribution >= 4 is 11.6 Å². The fourth-order valence-electron chi connectivity index (χ4n) is 3.06. The highest BCUT2D eigenvalue weighted by Crippen LogP contribution is 2.26. The lowest BCUT2D eigenvalue weighted by molar-refractivity contribution is -0.128. The van der Waals surface area contributed by atoms with Gasteiger partial charge in [-0.15, -0.1) is 0 Å². The Morgan fingerprint density at radius 2 is 2.05 bits per heavy atom. The molecular weight excluding hydrogens is 260 g/mol. The van der Waals surface area contributed by atoms with Crippen LogP contribution in [0.2, 0.25) is 0 Å². The van der Waals surface area contributed by atoms with E-state index in [0.29, 0.717) is 6.54 Å². The molecule has 1 aliphatic carbocycles. The van der Waals surface area contributed by atoms with Gasteiger partial charge in [0.15, 0.2) is 0 Å². The maximum Gasteiger partial charge on any atom is 0.219 e. The monoisotopic (exact) mass is 288 g/mol. The third-order valence-corrected chi connectivity index (χ3v) is 4.49. The molecule has 116 valence electrons. The summed E-state index contributed by atoms with van der Waals surface area (Å²) in [5.74, 6) is 1.02. The van der Waals surface area contributed by atoms with Crippen molar-refractivity contribution < 1.29 is 4.79 Å². The molecule has 1 N–H and O–H groups in total. The van der Waals surface area contributed by atoms with Crippen molar-refractivity contribution in [3.05, 3.63) is 29.8 Å². The maximum atomic E-state index is 11.3. The van der Waals surface area contributed by atoms with E-state index in [9.17, 15) is 4.79 Å². The standard InChI is InChI=1S/C18H28N2O/c1-15(21)20(2)14-17-9-6-10-18(13-17)19-12-11-16-7-4-3-5-8-16/h6,9-10,13,16,19H,3-5,7-8,11-12,14H2,1-2H3. The Morgan fingerprint density at radius 3 is 2.76 bits per heavy atom. The normalized spacial score (nSPS) is 15.7. The van der Waals surface area contributed by atoms with E-state index in [0.717, 1.165) is 12.5 Å². The van der Waals surface area contributed by atoms with Gasteiger partial charge in [0.25, 0.3) is 0 Å². The molecule has 1 aromatic carbocycles. The van der Waals surface area contributed by atoms with Gasteiger partial charge in [0.05, 0.1) is 0 Å². The Bertz CT molecular complexity index is 452. The average molecular weight is 288 g/mol. The first-order valence-corrected chi connectivity index (χ1v) is 8.19. The zero-order chi connectivity index (χ0) is 15.1. The first-order valence-electron chi connectivity index (χ1n) is 8.19. The topological polar surface area (TPSA) is 32.3 Å². The van der Waals surface area contributed by atoms with Crippen molar-refractivity contribution in [1.82, 2.24) is 4.90 Å². The molecular formula is C18H28N2O. The van der Waals surface area contributed by atoms with Crippen LogP contribution in [-0.4, -0.2) is 24.4 Å². The van der Waals surface area contributed by atoms with Crippen LogP contribution in [0.3, 0.4) is 0 Å². The van der Waals surface area contributed by atoms with Crippen LogP contribution in [0, 0.1) is 5.92 Å². The third kappa shape index (κ3) is 5.41. The van der Waals surface area contributed by atoms with Crippen LogP contribution in [0.15, 0.2) is 24.3 Å². The number of nitrogens with one attached hydrogen (secondary N) is 1. The summed E-state index contributed by atoms with van der Waals surface area (Å²) in [5.41, 5.74) is 2.34. The van der Waals surface area contributed by atoms with Crippen LogP contribution in [0.1, 0.15) is 51.0 Å². The summed E-state index contributed by atoms with van der Waals surface area (Å²) < 4.78 is 0. The van der Waals surface area contributed by atoms with E-state index in [1.54, 1.807) is 11.8 Å². The van der Waals surface area contributed by atoms with Crippen molar-refractivity contribution in [3.8, 4) is 0 Å². The lowest BCUT2D eigenvalue weighted by atomic mass is 9.87. The van der Waals surface area contributed by atoms with E-state index < -0.39 is 0 Å². The van der Waals surface area contributed by atoms with Gasteiger partial charge in [-0.2, -0.15) is 0 Å². The Kier molecular flexibility index (Phi) is 6.09. The van der Waals surface area contributed by atoms with Crippen LogP contribution in [0.5, 0.6) is 0 Å². The predicted octanol–water partition coefficient (Wildman–Crippen LogP) is 4.05. The summed E-state index contributed by atoms with van der Waals surface area (Å²) in [6.45, 7) is 3.33. The highest BCUT2D eigenvalue weighted by Gasteiger charge is 2.12. The van der Waals surface area contributed by atoms with Crippen molar-refractivity contribution in [2.24, 2.45) is 5.92 Å². The molecule has 21 heavy (non-hydrogen) atoms. The smallest absolute Gasteiger partial charge is 0.219 e. The molecule has 3 nitrogen and oxygen atoms in total. The molecule has 0 aromatic heterocycles. The molecule has 1 amide bonds. The van der Waals surface area contributed by atoms with Crippen LogP contribution in [0.25, 0.3) is 0 Å². The molecule has 3 heteroatoms. The van der Waals surface area contributed by atoms with Crippen molar-refractivity contribution in [2.75, 3.05) is 18.9 Å². The van der Waals surface area contributed by atoms with Gasteiger partial charge in [-0.25, -0.2) is 0 Å². The van der Waals surface area contributed by atoms with Crippen molar-refractivity contribution in [3.63, 3.8) is 0 Å². The second kappa shape index (κ2) is 8.06. The van der Waals surface area contributed by atoms with E-state index in [-0.39, 0.29) is 5.91 Å². The molecule has 0 saturated heterocycles. The fraction of sp³-hybridized carbons (Fsp3) is 0.611. The summed E-state index contributed by atoms with van der Waals surface area (Å²) in [6.07, 6.45) is 8.35. The highest BCUT2D eigenvalue weighted by molar-refractivity contribution is 5.72. The minimum absolute atomic E-state index is 0.102. The van der Waals surface area contributed by atoms with Gasteiger partial charge in [-0.05, 0) is 30.0 Å². The SMILES string of the molecule is CC(=O)N(C)Cc1cccc(NCCC2CCCCC2)c1. The number of hydrogen-bond donors (Lipinski definition) is 1. The molecule has 1 aromatic rings. The van der Waals surface area contributed by atoms with E-state index in [1.807, 2.05) is 7.05 Å². The maximum absolute atomic E-state index is 11.3. The molecule has 2 rings (SSSR count). The first kappa shape index (κ1) is 15.9. The number of rotatable bonds is 6. The minimum atomic E-state index is 0.102. The lowest BCUT2D eigenvalue weighted by Gasteiger charge is -2.21. The van der Waals surface area contributed by atoms with Crippen LogP contribution in [0.4, 0.5) is 5.69 Å². The summed E-state index contributed by atoms with van der Waals surface area (Å²) in [5, 5.41) is 3.53. The summed E-state index contributed by atoms with van der Waals surface area (Å²) >= 11 is 0. The van der Waals surface area contributed by atoms with Gasteiger partial charge in [-0.1, -0.05) is 44.2 Å².